The zero-order valence-corrected chi connectivity index (χ0v) is 10.9. The Morgan fingerprint density at radius 2 is 1.74 bits per heavy atom. The summed E-state index contributed by atoms with van der Waals surface area (Å²) < 4.78 is 5.65. The van der Waals surface area contributed by atoms with Crippen LogP contribution < -0.4 is 9.64 Å². The van der Waals surface area contributed by atoms with Gasteiger partial charge in [0.1, 0.15) is 12.4 Å². The van der Waals surface area contributed by atoms with Crippen LogP contribution in [0.2, 0.25) is 0 Å². The molecule has 0 bridgehead atoms. The lowest BCUT2D eigenvalue weighted by atomic mass is 10.2. The van der Waals surface area contributed by atoms with Crippen molar-refractivity contribution in [3.63, 3.8) is 0 Å². The minimum Gasteiger partial charge on any atom is -0.492 e. The number of para-hydroxylation sites is 1. The lowest BCUT2D eigenvalue weighted by Gasteiger charge is -2.19. The fraction of sp³-hybridized carbons (Fsp3) is 0.188. The molecule has 0 N–H and O–H groups in total. The van der Waals surface area contributed by atoms with E-state index < -0.39 is 0 Å². The second-order valence-electron chi connectivity index (χ2n) is 4.24. The molecule has 3 nitrogen and oxygen atoms in total. The highest BCUT2D eigenvalue weighted by Crippen LogP contribution is 2.13. The molecule has 0 fully saturated rings. The second kappa shape index (κ2) is 6.46. The van der Waals surface area contributed by atoms with Gasteiger partial charge in [0, 0.05) is 12.7 Å². The Morgan fingerprint density at radius 1 is 1.05 bits per heavy atom. The van der Waals surface area contributed by atoms with Crippen molar-refractivity contribution in [1.82, 2.24) is 0 Å². The smallest absolute Gasteiger partial charge is 0.119 e. The number of hydrogen-bond donors (Lipinski definition) is 0. The Kier molecular flexibility index (Phi) is 4.41. The van der Waals surface area contributed by atoms with E-state index in [1.54, 1.807) is 0 Å². The fourth-order valence-corrected chi connectivity index (χ4v) is 1.74. The van der Waals surface area contributed by atoms with E-state index in [2.05, 4.69) is 11.0 Å². The maximum absolute atomic E-state index is 8.75. The first-order chi connectivity index (χ1) is 9.29. The lowest BCUT2D eigenvalue weighted by Crippen LogP contribution is -2.23. The molecule has 0 amide bonds. The molecule has 3 heteroatoms. The van der Waals surface area contributed by atoms with Crippen LogP contribution in [0.15, 0.2) is 54.6 Å². The summed E-state index contributed by atoms with van der Waals surface area (Å²) >= 11 is 0. The number of hydrogen-bond acceptors (Lipinski definition) is 3. The number of nitrogens with zero attached hydrogens (tertiary/aromatic N) is 2. The van der Waals surface area contributed by atoms with Gasteiger partial charge in [0.25, 0.3) is 0 Å². The van der Waals surface area contributed by atoms with E-state index in [-0.39, 0.29) is 0 Å². The van der Waals surface area contributed by atoms with Gasteiger partial charge in [-0.1, -0.05) is 18.2 Å². The van der Waals surface area contributed by atoms with Gasteiger partial charge in [-0.3, -0.25) is 0 Å². The highest BCUT2D eigenvalue weighted by Gasteiger charge is 2.01. The molecule has 0 aliphatic carbocycles. The number of nitriles is 1. The summed E-state index contributed by atoms with van der Waals surface area (Å²) in [4.78, 5) is 2.10. The van der Waals surface area contributed by atoms with E-state index in [9.17, 15) is 0 Å². The highest BCUT2D eigenvalue weighted by atomic mass is 16.5. The van der Waals surface area contributed by atoms with Gasteiger partial charge in [-0.2, -0.15) is 5.26 Å². The molecule has 0 spiro atoms. The molecule has 2 aromatic rings. The van der Waals surface area contributed by atoms with E-state index in [4.69, 9.17) is 10.00 Å². The first-order valence-corrected chi connectivity index (χ1v) is 6.19. The van der Waals surface area contributed by atoms with Crippen molar-refractivity contribution >= 4 is 5.69 Å². The minimum atomic E-state index is 0.626. The second-order valence-corrected chi connectivity index (χ2v) is 4.24. The van der Waals surface area contributed by atoms with Crippen molar-refractivity contribution < 1.29 is 4.74 Å². The third-order valence-electron chi connectivity index (χ3n) is 2.88. The van der Waals surface area contributed by atoms with Crippen molar-refractivity contribution in [2.75, 3.05) is 25.1 Å². The van der Waals surface area contributed by atoms with Crippen LogP contribution in [0.3, 0.4) is 0 Å². The average Bonchev–Trinajstić information content (AvgIpc) is 2.48. The zero-order valence-electron chi connectivity index (χ0n) is 10.9. The van der Waals surface area contributed by atoms with Gasteiger partial charge >= 0.3 is 0 Å². The summed E-state index contributed by atoms with van der Waals surface area (Å²) in [5, 5.41) is 8.75. The molecule has 0 aliphatic heterocycles. The molecule has 0 saturated heterocycles. The molecule has 0 atom stereocenters. The average molecular weight is 252 g/mol. The van der Waals surface area contributed by atoms with Crippen LogP contribution in [0.1, 0.15) is 5.56 Å². The van der Waals surface area contributed by atoms with Crippen LogP contribution >= 0.6 is 0 Å². The van der Waals surface area contributed by atoms with Gasteiger partial charge in [0.15, 0.2) is 0 Å². The molecule has 96 valence electrons. The topological polar surface area (TPSA) is 36.3 Å². The molecule has 0 unspecified atom stereocenters. The highest BCUT2D eigenvalue weighted by molar-refractivity contribution is 5.48. The summed E-state index contributed by atoms with van der Waals surface area (Å²) in [6, 6.07) is 19.4. The van der Waals surface area contributed by atoms with Crippen molar-refractivity contribution in [1.29, 1.82) is 5.26 Å². The maximum Gasteiger partial charge on any atom is 0.119 e. The number of benzene rings is 2. The SMILES string of the molecule is CN(CCOc1ccccc1)c1ccc(C#N)cc1. The van der Waals surface area contributed by atoms with Gasteiger partial charge in [-0.25, -0.2) is 0 Å². The molecule has 0 aromatic heterocycles. The van der Waals surface area contributed by atoms with Gasteiger partial charge < -0.3 is 9.64 Å². The largest absolute Gasteiger partial charge is 0.492 e. The molecule has 0 radical (unpaired) electrons. The van der Waals surface area contributed by atoms with Crippen LogP contribution in [-0.2, 0) is 0 Å². The van der Waals surface area contributed by atoms with Gasteiger partial charge in [-0.05, 0) is 36.4 Å². The van der Waals surface area contributed by atoms with Crippen molar-refractivity contribution in [3.05, 3.63) is 60.2 Å². The first kappa shape index (κ1) is 13.0. The molecule has 19 heavy (non-hydrogen) atoms. The normalized spacial score (nSPS) is 9.68. The van der Waals surface area contributed by atoms with Gasteiger partial charge in [0.2, 0.25) is 0 Å². The van der Waals surface area contributed by atoms with Gasteiger partial charge in [-0.15, -0.1) is 0 Å². The van der Waals surface area contributed by atoms with Crippen LogP contribution in [0, 0.1) is 11.3 Å². The van der Waals surface area contributed by atoms with Gasteiger partial charge in [0.05, 0.1) is 18.2 Å². The van der Waals surface area contributed by atoms with Crippen LogP contribution in [0.4, 0.5) is 5.69 Å². The summed E-state index contributed by atoms with van der Waals surface area (Å²) in [6.45, 7) is 1.42. The Labute approximate surface area is 113 Å². The Bertz CT molecular complexity index is 543. The van der Waals surface area contributed by atoms with Crippen molar-refractivity contribution in [2.45, 2.75) is 0 Å². The van der Waals surface area contributed by atoms with E-state index in [1.165, 1.54) is 0 Å². The zero-order chi connectivity index (χ0) is 13.5. The lowest BCUT2D eigenvalue weighted by molar-refractivity contribution is 0.326. The number of likely N-dealkylation sites (N-methyl/N-ethyl adjacent to an activating group) is 1. The molecular weight excluding hydrogens is 236 g/mol. The summed E-state index contributed by atoms with van der Waals surface area (Å²) in [6.07, 6.45) is 0. The van der Waals surface area contributed by atoms with Crippen LogP contribution in [0.5, 0.6) is 5.75 Å². The number of anilines is 1. The molecule has 2 aromatic carbocycles. The molecule has 0 saturated carbocycles. The summed E-state index contributed by atoms with van der Waals surface area (Å²) in [7, 11) is 2.01. The maximum atomic E-state index is 8.75. The quantitative estimate of drug-likeness (QED) is 0.820. The van der Waals surface area contributed by atoms with Crippen LogP contribution in [0.25, 0.3) is 0 Å². The minimum absolute atomic E-state index is 0.626. The van der Waals surface area contributed by atoms with E-state index in [0.717, 1.165) is 18.0 Å². The molecular formula is C16H16N2O. The fourth-order valence-electron chi connectivity index (χ4n) is 1.74. The number of rotatable bonds is 5. The molecule has 2 rings (SSSR count). The predicted molar refractivity (Wildman–Crippen MR) is 76.4 cm³/mol. The Hall–Kier alpha value is -2.47. The number of ether oxygens (including phenoxy) is 1. The first-order valence-electron chi connectivity index (χ1n) is 6.19. The monoisotopic (exact) mass is 252 g/mol. The summed E-state index contributed by atoms with van der Waals surface area (Å²) in [5.41, 5.74) is 1.76. The molecule has 0 heterocycles. The Balaban J connectivity index is 1.84. The van der Waals surface area contributed by atoms with Crippen LogP contribution in [-0.4, -0.2) is 20.2 Å². The predicted octanol–water partition coefficient (Wildman–Crippen LogP) is 3.07. The van der Waals surface area contributed by atoms with E-state index in [0.29, 0.717) is 12.2 Å². The third-order valence-corrected chi connectivity index (χ3v) is 2.88. The van der Waals surface area contributed by atoms with E-state index in [1.807, 2.05) is 61.6 Å². The third kappa shape index (κ3) is 3.75. The summed E-state index contributed by atoms with van der Waals surface area (Å²) in [5.74, 6) is 0.885. The Morgan fingerprint density at radius 3 is 2.37 bits per heavy atom. The van der Waals surface area contributed by atoms with Crippen molar-refractivity contribution in [3.8, 4) is 11.8 Å². The van der Waals surface area contributed by atoms with Crippen molar-refractivity contribution in [2.24, 2.45) is 0 Å². The van der Waals surface area contributed by atoms with E-state index >= 15 is 0 Å². The standard InChI is InChI=1S/C16H16N2O/c1-18(15-9-7-14(13-17)8-10-15)11-12-19-16-5-3-2-4-6-16/h2-10H,11-12H2,1H3. The molecule has 0 aliphatic rings.